The molecule has 0 aliphatic heterocycles. The first-order chi connectivity index (χ1) is 19.2. The van der Waals surface area contributed by atoms with Crippen LogP contribution in [0.25, 0.3) is 0 Å². The lowest BCUT2D eigenvalue weighted by atomic mass is 9.84. The van der Waals surface area contributed by atoms with E-state index in [1.54, 1.807) is 14.2 Å². The molecule has 0 saturated heterocycles. The Kier molecular flexibility index (Phi) is 7.60. The highest BCUT2D eigenvalue weighted by atomic mass is 28.4. The van der Waals surface area contributed by atoms with E-state index in [0.29, 0.717) is 18.3 Å². The fourth-order valence-corrected chi connectivity index (χ4v) is 11.3. The molecule has 0 unspecified atom stereocenters. The number of hydrogen-bond donors (Lipinski definition) is 0. The first-order valence-electron chi connectivity index (χ1n) is 14.0. The van der Waals surface area contributed by atoms with Gasteiger partial charge in [-0.15, -0.1) is 0 Å². The van der Waals surface area contributed by atoms with E-state index in [2.05, 4.69) is 100 Å². The molecular weight excluding hydrogens is 512 g/mol. The Morgan fingerprint density at radius 1 is 0.800 bits per heavy atom. The highest BCUT2D eigenvalue weighted by Gasteiger charge is 2.61. The monoisotopic (exact) mass is 552 g/mol. The number of ether oxygens (including phenoxy) is 2. The molecule has 1 fully saturated rings. The molecule has 0 bridgehead atoms. The van der Waals surface area contributed by atoms with Gasteiger partial charge in [0, 0.05) is 28.8 Å². The van der Waals surface area contributed by atoms with Crippen molar-refractivity contribution >= 4 is 18.7 Å². The van der Waals surface area contributed by atoms with Crippen LogP contribution in [0.2, 0.25) is 5.04 Å². The van der Waals surface area contributed by atoms with E-state index >= 15 is 0 Å². The predicted octanol–water partition coefficient (Wildman–Crippen LogP) is 5.99. The number of nitrogens with zero attached hydrogens (tertiary/aromatic N) is 2. The van der Waals surface area contributed by atoms with Crippen molar-refractivity contribution in [2.45, 2.75) is 51.5 Å². The molecule has 1 aliphatic carbocycles. The van der Waals surface area contributed by atoms with E-state index in [1.165, 1.54) is 10.4 Å². The van der Waals surface area contributed by atoms with Crippen LogP contribution in [0.3, 0.4) is 0 Å². The zero-order valence-electron chi connectivity index (χ0n) is 24.7. The Morgan fingerprint density at radius 3 is 1.93 bits per heavy atom. The smallest absolute Gasteiger partial charge is 0.261 e. The molecule has 0 radical (unpaired) electrons. The number of rotatable bonds is 9. The van der Waals surface area contributed by atoms with Crippen LogP contribution in [-0.4, -0.2) is 39.1 Å². The number of para-hydroxylation sites is 1. The number of aromatic nitrogens is 2. The second kappa shape index (κ2) is 10.8. The molecule has 0 spiro atoms. The van der Waals surface area contributed by atoms with Gasteiger partial charge in [0.05, 0.1) is 14.2 Å². The normalized spacial score (nSPS) is 18.8. The van der Waals surface area contributed by atoms with Crippen molar-refractivity contribution in [1.82, 2.24) is 9.97 Å². The molecule has 40 heavy (non-hydrogen) atoms. The molecule has 0 N–H and O–H groups in total. The predicted molar refractivity (Wildman–Crippen MR) is 164 cm³/mol. The molecule has 6 heteroatoms. The van der Waals surface area contributed by atoms with E-state index in [9.17, 15) is 0 Å². The molecule has 4 aromatic rings. The zero-order valence-corrected chi connectivity index (χ0v) is 25.7. The topological polar surface area (TPSA) is 53.5 Å². The Balaban J connectivity index is 1.64. The van der Waals surface area contributed by atoms with E-state index in [1.807, 2.05) is 19.1 Å². The summed E-state index contributed by atoms with van der Waals surface area (Å²) in [5.41, 5.74) is 2.72. The minimum Gasteiger partial charge on any atom is -0.496 e. The molecule has 208 valence electrons. The highest BCUT2D eigenvalue weighted by Crippen LogP contribution is 2.63. The average molecular weight is 553 g/mol. The molecule has 1 saturated carbocycles. The lowest BCUT2D eigenvalue weighted by Gasteiger charge is -2.43. The van der Waals surface area contributed by atoms with Crippen molar-refractivity contribution in [1.29, 1.82) is 0 Å². The number of aryl methyl sites for hydroxylation is 2. The summed E-state index contributed by atoms with van der Waals surface area (Å²) in [5, 5.41) is 2.47. The largest absolute Gasteiger partial charge is 0.496 e. The summed E-state index contributed by atoms with van der Waals surface area (Å²) in [7, 11) is 0.729. The Hall–Kier alpha value is -3.48. The van der Waals surface area contributed by atoms with Crippen molar-refractivity contribution in [2.75, 3.05) is 20.8 Å². The Morgan fingerprint density at radius 2 is 1.38 bits per heavy atom. The van der Waals surface area contributed by atoms with Gasteiger partial charge in [0.1, 0.15) is 11.6 Å². The third kappa shape index (κ3) is 4.63. The van der Waals surface area contributed by atoms with Crippen molar-refractivity contribution < 1.29 is 13.9 Å². The quantitative estimate of drug-likeness (QED) is 0.239. The van der Waals surface area contributed by atoms with Crippen molar-refractivity contribution in [2.24, 2.45) is 5.92 Å². The average Bonchev–Trinajstić information content (AvgIpc) is 3.67. The van der Waals surface area contributed by atoms with Gasteiger partial charge < -0.3 is 13.9 Å². The van der Waals surface area contributed by atoms with E-state index in [0.717, 1.165) is 29.0 Å². The van der Waals surface area contributed by atoms with E-state index < -0.39 is 8.32 Å². The summed E-state index contributed by atoms with van der Waals surface area (Å²) in [6.45, 7) is 11.5. The van der Waals surface area contributed by atoms with Crippen LogP contribution < -0.4 is 19.8 Å². The van der Waals surface area contributed by atoms with Crippen molar-refractivity contribution in [3.05, 3.63) is 108 Å². The first kappa shape index (κ1) is 28.1. The number of methoxy groups -OCH3 is 2. The highest BCUT2D eigenvalue weighted by molar-refractivity contribution is 6.99. The number of benzene rings is 3. The summed E-state index contributed by atoms with van der Waals surface area (Å²) in [5.74, 6) is 2.39. The molecule has 1 aromatic heterocycles. The van der Waals surface area contributed by atoms with Gasteiger partial charge in [-0.3, -0.25) is 0 Å². The Bertz CT molecular complexity index is 1430. The van der Waals surface area contributed by atoms with Crippen LogP contribution in [0, 0.1) is 19.8 Å². The van der Waals surface area contributed by atoms with Gasteiger partial charge in [0.2, 0.25) is 5.88 Å². The third-order valence-electron chi connectivity index (χ3n) is 8.42. The fourth-order valence-electron chi connectivity index (χ4n) is 6.64. The molecular formula is C34H40N2O3Si. The lowest BCUT2D eigenvalue weighted by molar-refractivity contribution is 0.271. The van der Waals surface area contributed by atoms with Gasteiger partial charge >= 0.3 is 0 Å². The maximum absolute atomic E-state index is 7.42. The third-order valence-corrected chi connectivity index (χ3v) is 13.4. The van der Waals surface area contributed by atoms with Crippen molar-refractivity contribution in [3.63, 3.8) is 0 Å². The van der Waals surface area contributed by atoms with Crippen LogP contribution >= 0.6 is 0 Å². The minimum absolute atomic E-state index is 0.0989. The number of hydrogen-bond acceptors (Lipinski definition) is 5. The molecule has 0 amide bonds. The summed E-state index contributed by atoms with van der Waals surface area (Å²) in [6.07, 6.45) is 0.898. The summed E-state index contributed by atoms with van der Waals surface area (Å²) < 4.78 is 19.2. The van der Waals surface area contributed by atoms with Crippen LogP contribution in [0.5, 0.6) is 11.6 Å². The van der Waals surface area contributed by atoms with E-state index in [-0.39, 0.29) is 16.4 Å². The summed E-state index contributed by atoms with van der Waals surface area (Å²) >= 11 is 0. The van der Waals surface area contributed by atoms with Crippen LogP contribution in [0.1, 0.15) is 49.8 Å². The second-order valence-corrected chi connectivity index (χ2v) is 16.1. The van der Waals surface area contributed by atoms with Gasteiger partial charge in [0.15, 0.2) is 0 Å². The summed E-state index contributed by atoms with van der Waals surface area (Å²) in [4.78, 5) is 9.49. The lowest BCUT2D eigenvalue weighted by Crippen LogP contribution is -2.66. The fraction of sp³-hybridized carbons (Fsp3) is 0.353. The van der Waals surface area contributed by atoms with E-state index in [4.69, 9.17) is 23.9 Å². The van der Waals surface area contributed by atoms with Crippen molar-refractivity contribution in [3.8, 4) is 11.6 Å². The molecule has 1 aliphatic rings. The van der Waals surface area contributed by atoms with Crippen LogP contribution in [0.4, 0.5) is 0 Å². The van der Waals surface area contributed by atoms with Gasteiger partial charge in [0.25, 0.3) is 8.32 Å². The second-order valence-electron chi connectivity index (χ2n) is 11.8. The Labute approximate surface area is 239 Å². The maximum atomic E-state index is 7.42. The first-order valence-corrected chi connectivity index (χ1v) is 15.9. The molecule has 1 heterocycles. The van der Waals surface area contributed by atoms with Crippen LogP contribution in [-0.2, 0) is 9.84 Å². The van der Waals surface area contributed by atoms with Gasteiger partial charge in [-0.1, -0.05) is 99.6 Å². The molecule has 3 aromatic carbocycles. The van der Waals surface area contributed by atoms with Gasteiger partial charge in [-0.25, -0.2) is 4.98 Å². The van der Waals surface area contributed by atoms with Gasteiger partial charge in [-0.2, -0.15) is 4.98 Å². The molecule has 5 nitrogen and oxygen atoms in total. The standard InChI is InChI=1S/C34H40N2O3Si/c1-24-31(32(38-7)36-25(2)35-24)34(29-20-14-15-21-30(29)37-6)22-26(34)23-39-40(33(3,4)5,27-16-10-8-11-17-27)28-18-12-9-13-19-28/h8-21,26H,22-23H2,1-7H3/t26-,34-/m0/s1. The summed E-state index contributed by atoms with van der Waals surface area (Å²) in [6, 6.07) is 29.9. The SMILES string of the molecule is COc1ccccc1[C@]1(c2c(C)nc(C)nc2OC)C[C@H]1CO[Si](c1ccccc1)(c1ccccc1)C(C)(C)C. The minimum atomic E-state index is -2.70. The maximum Gasteiger partial charge on any atom is 0.261 e. The zero-order chi connectivity index (χ0) is 28.5. The van der Waals surface area contributed by atoms with Gasteiger partial charge in [-0.05, 0) is 47.7 Å². The molecule has 5 rings (SSSR count). The molecule has 2 atom stereocenters. The van der Waals surface area contributed by atoms with Crippen LogP contribution in [0.15, 0.2) is 84.9 Å².